The normalized spacial score (nSPS) is 13.7. The minimum Gasteiger partial charge on any atom is -0.497 e. The van der Waals surface area contributed by atoms with Crippen LogP contribution in [0.25, 0.3) is 0 Å². The Balaban J connectivity index is 1.75. The first kappa shape index (κ1) is 15.5. The SMILES string of the molecule is COc1ccc(OC)c([C@@H](C)NCc2cccc3c2OCO3)c1. The van der Waals surface area contributed by atoms with Crippen LogP contribution in [0.3, 0.4) is 0 Å². The summed E-state index contributed by atoms with van der Waals surface area (Å²) in [7, 11) is 3.33. The fourth-order valence-electron chi connectivity index (χ4n) is 2.68. The lowest BCUT2D eigenvalue weighted by molar-refractivity contribution is 0.173. The molecule has 1 N–H and O–H groups in total. The van der Waals surface area contributed by atoms with Gasteiger partial charge in [0, 0.05) is 23.7 Å². The highest BCUT2D eigenvalue weighted by Gasteiger charge is 2.18. The lowest BCUT2D eigenvalue weighted by atomic mass is 10.1. The summed E-state index contributed by atoms with van der Waals surface area (Å²) in [5.41, 5.74) is 2.13. The van der Waals surface area contributed by atoms with E-state index in [-0.39, 0.29) is 12.8 Å². The first-order valence-corrected chi connectivity index (χ1v) is 7.55. The number of hydrogen-bond donors (Lipinski definition) is 1. The topological polar surface area (TPSA) is 49.0 Å². The smallest absolute Gasteiger partial charge is 0.231 e. The largest absolute Gasteiger partial charge is 0.497 e. The van der Waals surface area contributed by atoms with E-state index in [1.165, 1.54) is 0 Å². The number of nitrogens with one attached hydrogen (secondary N) is 1. The summed E-state index contributed by atoms with van der Waals surface area (Å²) in [6, 6.07) is 11.8. The van der Waals surface area contributed by atoms with Gasteiger partial charge in [-0.15, -0.1) is 0 Å². The monoisotopic (exact) mass is 315 g/mol. The van der Waals surface area contributed by atoms with Crippen molar-refractivity contribution in [2.75, 3.05) is 21.0 Å². The van der Waals surface area contributed by atoms with E-state index in [0.29, 0.717) is 6.54 Å². The van der Waals surface area contributed by atoms with Crippen LogP contribution in [-0.2, 0) is 6.54 Å². The van der Waals surface area contributed by atoms with Crippen molar-refractivity contribution in [3.63, 3.8) is 0 Å². The van der Waals surface area contributed by atoms with Gasteiger partial charge in [0.2, 0.25) is 6.79 Å². The van der Waals surface area contributed by atoms with Gasteiger partial charge in [-0.25, -0.2) is 0 Å². The molecular formula is C18H21NO4. The van der Waals surface area contributed by atoms with Gasteiger partial charge in [0.25, 0.3) is 0 Å². The molecule has 0 fully saturated rings. The maximum absolute atomic E-state index is 5.54. The second-order valence-electron chi connectivity index (χ2n) is 5.36. The summed E-state index contributed by atoms with van der Waals surface area (Å²) in [6.45, 7) is 3.05. The number of methoxy groups -OCH3 is 2. The average Bonchev–Trinajstić information content (AvgIpc) is 3.08. The van der Waals surface area contributed by atoms with Gasteiger partial charge in [-0.2, -0.15) is 0 Å². The molecule has 1 aliphatic heterocycles. The molecule has 1 atom stereocenters. The van der Waals surface area contributed by atoms with E-state index in [0.717, 1.165) is 34.1 Å². The van der Waals surface area contributed by atoms with E-state index in [4.69, 9.17) is 18.9 Å². The molecule has 2 aromatic rings. The molecule has 122 valence electrons. The van der Waals surface area contributed by atoms with Crippen LogP contribution >= 0.6 is 0 Å². The number of rotatable bonds is 6. The number of ether oxygens (including phenoxy) is 4. The van der Waals surface area contributed by atoms with Crippen LogP contribution in [-0.4, -0.2) is 21.0 Å². The van der Waals surface area contributed by atoms with E-state index >= 15 is 0 Å². The first-order chi connectivity index (χ1) is 11.2. The fourth-order valence-corrected chi connectivity index (χ4v) is 2.68. The molecule has 0 radical (unpaired) electrons. The molecule has 2 aromatic carbocycles. The van der Waals surface area contributed by atoms with Crippen molar-refractivity contribution in [3.8, 4) is 23.0 Å². The molecule has 0 spiro atoms. The van der Waals surface area contributed by atoms with E-state index in [1.807, 2.05) is 36.4 Å². The molecule has 0 aromatic heterocycles. The van der Waals surface area contributed by atoms with Crippen molar-refractivity contribution < 1.29 is 18.9 Å². The van der Waals surface area contributed by atoms with Gasteiger partial charge in [-0.1, -0.05) is 12.1 Å². The van der Waals surface area contributed by atoms with Crippen molar-refractivity contribution in [2.24, 2.45) is 0 Å². The van der Waals surface area contributed by atoms with Crippen LogP contribution in [0.2, 0.25) is 0 Å². The molecule has 1 heterocycles. The minimum absolute atomic E-state index is 0.0956. The average molecular weight is 315 g/mol. The second kappa shape index (κ2) is 6.79. The molecule has 0 unspecified atom stereocenters. The highest BCUT2D eigenvalue weighted by molar-refractivity contribution is 5.48. The third kappa shape index (κ3) is 3.19. The third-order valence-electron chi connectivity index (χ3n) is 3.98. The van der Waals surface area contributed by atoms with Crippen LogP contribution in [0, 0.1) is 0 Å². The van der Waals surface area contributed by atoms with Gasteiger partial charge in [-0.3, -0.25) is 0 Å². The fraction of sp³-hybridized carbons (Fsp3) is 0.333. The lowest BCUT2D eigenvalue weighted by Gasteiger charge is -2.18. The van der Waals surface area contributed by atoms with Gasteiger partial charge >= 0.3 is 0 Å². The van der Waals surface area contributed by atoms with E-state index < -0.39 is 0 Å². The minimum atomic E-state index is 0.0956. The Hall–Kier alpha value is -2.40. The number of para-hydroxylation sites is 1. The lowest BCUT2D eigenvalue weighted by Crippen LogP contribution is -2.19. The molecule has 0 bridgehead atoms. The van der Waals surface area contributed by atoms with Gasteiger partial charge < -0.3 is 24.3 Å². The standard InChI is InChI=1S/C18H21NO4/c1-12(15-9-14(20-2)7-8-16(15)21-3)19-10-13-5-4-6-17-18(13)23-11-22-17/h4-9,12,19H,10-11H2,1-3H3/t12-/m1/s1. The van der Waals surface area contributed by atoms with Gasteiger partial charge in [0.1, 0.15) is 11.5 Å². The highest BCUT2D eigenvalue weighted by atomic mass is 16.7. The Bertz CT molecular complexity index is 687. The molecule has 1 aliphatic rings. The summed E-state index contributed by atoms with van der Waals surface area (Å²) in [6.07, 6.45) is 0. The molecular weight excluding hydrogens is 294 g/mol. The second-order valence-corrected chi connectivity index (χ2v) is 5.36. The van der Waals surface area contributed by atoms with Crippen molar-refractivity contribution >= 4 is 0 Å². The molecule has 5 nitrogen and oxygen atoms in total. The van der Waals surface area contributed by atoms with Gasteiger partial charge in [0.05, 0.1) is 14.2 Å². The van der Waals surface area contributed by atoms with Crippen molar-refractivity contribution in [3.05, 3.63) is 47.5 Å². The van der Waals surface area contributed by atoms with Crippen LogP contribution < -0.4 is 24.3 Å². The van der Waals surface area contributed by atoms with Crippen LogP contribution in [0.4, 0.5) is 0 Å². The zero-order chi connectivity index (χ0) is 16.2. The van der Waals surface area contributed by atoms with Crippen LogP contribution in [0.15, 0.2) is 36.4 Å². The predicted octanol–water partition coefficient (Wildman–Crippen LogP) is 3.28. The van der Waals surface area contributed by atoms with Gasteiger partial charge in [-0.05, 0) is 31.2 Å². The van der Waals surface area contributed by atoms with Crippen molar-refractivity contribution in [1.82, 2.24) is 5.32 Å². The number of fused-ring (bicyclic) bond motifs is 1. The maximum Gasteiger partial charge on any atom is 0.231 e. The molecule has 3 rings (SSSR count). The maximum atomic E-state index is 5.54. The first-order valence-electron chi connectivity index (χ1n) is 7.55. The zero-order valence-corrected chi connectivity index (χ0v) is 13.6. The summed E-state index contributed by atoms with van der Waals surface area (Å²) < 4.78 is 21.7. The molecule has 0 amide bonds. The molecule has 23 heavy (non-hydrogen) atoms. The Morgan fingerprint density at radius 2 is 2.00 bits per heavy atom. The zero-order valence-electron chi connectivity index (χ0n) is 13.6. The van der Waals surface area contributed by atoms with E-state index in [9.17, 15) is 0 Å². The van der Waals surface area contributed by atoms with Crippen molar-refractivity contribution in [1.29, 1.82) is 0 Å². The third-order valence-corrected chi connectivity index (χ3v) is 3.98. The molecule has 0 aliphatic carbocycles. The van der Waals surface area contributed by atoms with Crippen molar-refractivity contribution in [2.45, 2.75) is 19.5 Å². The highest BCUT2D eigenvalue weighted by Crippen LogP contribution is 2.36. The van der Waals surface area contributed by atoms with E-state index in [2.05, 4.69) is 12.2 Å². The number of benzene rings is 2. The van der Waals surface area contributed by atoms with E-state index in [1.54, 1.807) is 14.2 Å². The Morgan fingerprint density at radius 1 is 1.13 bits per heavy atom. The summed E-state index contributed by atoms with van der Waals surface area (Å²) in [5.74, 6) is 3.27. The molecule has 5 heteroatoms. The Morgan fingerprint density at radius 3 is 2.78 bits per heavy atom. The molecule has 0 saturated heterocycles. The summed E-state index contributed by atoms with van der Waals surface area (Å²) in [5, 5.41) is 3.50. The summed E-state index contributed by atoms with van der Waals surface area (Å²) >= 11 is 0. The molecule has 0 saturated carbocycles. The number of hydrogen-bond acceptors (Lipinski definition) is 5. The quantitative estimate of drug-likeness (QED) is 0.886. The summed E-state index contributed by atoms with van der Waals surface area (Å²) in [4.78, 5) is 0. The van der Waals surface area contributed by atoms with Crippen LogP contribution in [0.5, 0.6) is 23.0 Å². The Kier molecular flexibility index (Phi) is 4.57. The predicted molar refractivity (Wildman–Crippen MR) is 87.4 cm³/mol. The van der Waals surface area contributed by atoms with Gasteiger partial charge in [0.15, 0.2) is 11.5 Å². The van der Waals surface area contributed by atoms with Crippen LogP contribution in [0.1, 0.15) is 24.1 Å². The Labute approximate surface area is 136 Å².